The van der Waals surface area contributed by atoms with Crippen LogP contribution in [0.25, 0.3) is 0 Å². The Morgan fingerprint density at radius 2 is 1.47 bits per heavy atom. The summed E-state index contributed by atoms with van der Waals surface area (Å²) < 4.78 is 65.0. The van der Waals surface area contributed by atoms with Gasteiger partial charge in [-0.1, -0.05) is 0 Å². The quantitative estimate of drug-likeness (QED) is 0.289. The summed E-state index contributed by atoms with van der Waals surface area (Å²) in [5.41, 5.74) is 0. The largest absolute Gasteiger partial charge is 0.463 e. The number of hydrogen-bond acceptors (Lipinski definition) is 15. The maximum atomic E-state index is 12.6. The highest BCUT2D eigenvalue weighted by Crippen LogP contribution is 2.48. The molecule has 3 fully saturated rings. The van der Waals surface area contributed by atoms with Gasteiger partial charge in [-0.2, -0.15) is 0 Å². The molecule has 240 valence electrons. The molecule has 4 heterocycles. The van der Waals surface area contributed by atoms with Crippen LogP contribution in [0.2, 0.25) is 0 Å². The van der Waals surface area contributed by atoms with Gasteiger partial charge in [-0.05, 0) is 32.9 Å². The van der Waals surface area contributed by atoms with Crippen LogP contribution < -0.4 is 0 Å². The van der Waals surface area contributed by atoms with Gasteiger partial charge in [0.1, 0.15) is 31.0 Å². The van der Waals surface area contributed by atoms with Crippen LogP contribution in [0, 0.1) is 0 Å². The van der Waals surface area contributed by atoms with Crippen molar-refractivity contribution in [2.75, 3.05) is 13.7 Å². The molecule has 1 aromatic heterocycles. The molecule has 15 nitrogen and oxygen atoms in total. The van der Waals surface area contributed by atoms with Crippen LogP contribution in [0.4, 0.5) is 0 Å². The van der Waals surface area contributed by atoms with Gasteiger partial charge in [0.15, 0.2) is 30.0 Å². The fraction of sp³-hybridized carbons (Fsp3) is 0.714. The van der Waals surface area contributed by atoms with Crippen molar-refractivity contribution in [1.82, 2.24) is 0 Å². The zero-order valence-electron chi connectivity index (χ0n) is 25.3. The van der Waals surface area contributed by atoms with E-state index in [2.05, 4.69) is 0 Å². The van der Waals surface area contributed by atoms with Gasteiger partial charge in [0.05, 0.1) is 12.4 Å². The van der Waals surface area contributed by atoms with Crippen molar-refractivity contribution in [3.63, 3.8) is 0 Å². The average Bonchev–Trinajstić information content (AvgIpc) is 3.55. The van der Waals surface area contributed by atoms with Gasteiger partial charge in [-0.25, -0.2) is 0 Å². The molecule has 0 saturated carbocycles. The van der Waals surface area contributed by atoms with Gasteiger partial charge in [0.2, 0.25) is 6.10 Å². The Labute approximate surface area is 248 Å². The summed E-state index contributed by atoms with van der Waals surface area (Å²) in [6, 6.07) is 3.04. The zero-order valence-corrected chi connectivity index (χ0v) is 25.3. The van der Waals surface area contributed by atoms with Crippen LogP contribution in [0.3, 0.4) is 0 Å². The summed E-state index contributed by atoms with van der Waals surface area (Å²) in [4.78, 5) is 49.0. The smallest absolute Gasteiger partial charge is 0.303 e. The Morgan fingerprint density at radius 3 is 2.02 bits per heavy atom. The monoisotopic (exact) mass is 614 g/mol. The molecule has 0 bridgehead atoms. The number of methoxy groups -OCH3 is 1. The van der Waals surface area contributed by atoms with Crippen molar-refractivity contribution in [2.24, 2.45) is 0 Å². The summed E-state index contributed by atoms with van der Waals surface area (Å²) >= 11 is 0. The van der Waals surface area contributed by atoms with E-state index in [4.69, 9.17) is 51.8 Å². The second-order valence-corrected chi connectivity index (χ2v) is 10.9. The van der Waals surface area contributed by atoms with E-state index in [1.807, 2.05) is 0 Å². The molecular weight excluding hydrogens is 576 g/mol. The van der Waals surface area contributed by atoms with Crippen LogP contribution in [-0.4, -0.2) is 98.5 Å². The van der Waals surface area contributed by atoms with Crippen molar-refractivity contribution < 1.29 is 71.0 Å². The Bertz CT molecular complexity index is 1160. The zero-order chi connectivity index (χ0) is 31.7. The average molecular weight is 615 g/mol. The maximum absolute atomic E-state index is 12.6. The third-order valence-electron chi connectivity index (χ3n) is 7.01. The van der Waals surface area contributed by atoms with E-state index in [9.17, 15) is 19.2 Å². The number of esters is 4. The van der Waals surface area contributed by atoms with Crippen molar-refractivity contribution in [3.8, 4) is 0 Å². The first-order valence-electron chi connectivity index (χ1n) is 13.8. The first-order chi connectivity index (χ1) is 20.2. The van der Waals surface area contributed by atoms with Crippen LogP contribution >= 0.6 is 0 Å². The van der Waals surface area contributed by atoms with E-state index in [-0.39, 0.29) is 5.76 Å². The Balaban J connectivity index is 1.89. The van der Waals surface area contributed by atoms with Crippen molar-refractivity contribution in [3.05, 3.63) is 24.2 Å². The molecule has 0 aromatic carbocycles. The fourth-order valence-electron chi connectivity index (χ4n) is 5.56. The van der Waals surface area contributed by atoms with E-state index in [1.165, 1.54) is 32.4 Å². The lowest BCUT2D eigenvalue weighted by atomic mass is 9.89. The summed E-state index contributed by atoms with van der Waals surface area (Å²) in [5, 5.41) is 0. The molecule has 3 saturated heterocycles. The molecule has 0 aliphatic carbocycles. The molecule has 0 N–H and O–H groups in total. The molecule has 3 aliphatic heterocycles. The lowest BCUT2D eigenvalue weighted by molar-refractivity contribution is -0.409. The minimum absolute atomic E-state index is 0.0132. The first-order valence-corrected chi connectivity index (χ1v) is 13.8. The van der Waals surface area contributed by atoms with Gasteiger partial charge in [0, 0.05) is 34.8 Å². The van der Waals surface area contributed by atoms with Gasteiger partial charge < -0.3 is 51.8 Å². The van der Waals surface area contributed by atoms with Crippen LogP contribution in [0.1, 0.15) is 54.2 Å². The summed E-state index contributed by atoms with van der Waals surface area (Å²) in [6.07, 6.45) is -8.64. The highest BCUT2D eigenvalue weighted by Gasteiger charge is 2.66. The number of furan rings is 1. The third kappa shape index (κ3) is 7.02. The maximum Gasteiger partial charge on any atom is 0.303 e. The normalized spacial score (nSPS) is 36.7. The number of fused-ring (bicyclic) bond motifs is 1. The lowest BCUT2D eigenvalue weighted by Crippen LogP contribution is -2.69. The van der Waals surface area contributed by atoms with Gasteiger partial charge in [-0.15, -0.1) is 0 Å². The third-order valence-corrected chi connectivity index (χ3v) is 7.01. The van der Waals surface area contributed by atoms with Crippen molar-refractivity contribution in [2.45, 2.75) is 115 Å². The van der Waals surface area contributed by atoms with Gasteiger partial charge >= 0.3 is 23.9 Å². The highest BCUT2D eigenvalue weighted by molar-refractivity contribution is 5.69. The second kappa shape index (κ2) is 12.9. The van der Waals surface area contributed by atoms with E-state index in [0.717, 1.165) is 20.8 Å². The van der Waals surface area contributed by atoms with E-state index in [1.54, 1.807) is 20.8 Å². The lowest BCUT2D eigenvalue weighted by Gasteiger charge is -2.52. The highest BCUT2D eigenvalue weighted by atomic mass is 16.8. The van der Waals surface area contributed by atoms with Gasteiger partial charge in [-0.3, -0.25) is 19.2 Å². The topological polar surface area (TPSA) is 174 Å². The van der Waals surface area contributed by atoms with E-state index in [0.29, 0.717) is 0 Å². The Morgan fingerprint density at radius 1 is 0.837 bits per heavy atom. The first kappa shape index (κ1) is 32.8. The molecular formula is C28H38O15. The fourth-order valence-corrected chi connectivity index (χ4v) is 5.56. The number of carbonyl (C=O) groups excluding carboxylic acids is 4. The van der Waals surface area contributed by atoms with Crippen molar-refractivity contribution in [1.29, 1.82) is 0 Å². The molecule has 0 amide bonds. The van der Waals surface area contributed by atoms with Gasteiger partial charge in [0.25, 0.3) is 5.79 Å². The number of hydrogen-bond donors (Lipinski definition) is 0. The molecule has 0 radical (unpaired) electrons. The molecule has 1 aromatic rings. The van der Waals surface area contributed by atoms with Crippen molar-refractivity contribution >= 4 is 23.9 Å². The number of carbonyl (C=O) groups is 4. The van der Waals surface area contributed by atoms with Crippen LogP contribution in [-0.2, 0) is 72.3 Å². The molecule has 43 heavy (non-hydrogen) atoms. The summed E-state index contributed by atoms with van der Waals surface area (Å²) in [6.45, 7) is 9.25. The minimum Gasteiger partial charge on any atom is -0.463 e. The summed E-state index contributed by atoms with van der Waals surface area (Å²) in [7, 11) is 1.47. The molecule has 0 unspecified atom stereocenters. The number of ether oxygens (including phenoxy) is 10. The molecule has 4 rings (SSSR count). The minimum atomic E-state index is -2.19. The van der Waals surface area contributed by atoms with Crippen LogP contribution in [0.5, 0.6) is 0 Å². The Hall–Kier alpha value is -3.08. The predicted molar refractivity (Wildman–Crippen MR) is 139 cm³/mol. The number of rotatable bonds is 9. The standard InChI is InChI=1S/C28H38O15/c1-13-20(22-24(26(33-8)36-13)42-27(6,7)41-22)43-28(19-10-9-11-34-19)25(39-17(5)32)23(38-16(4)31)21(37-15(3)30)18(40-28)12-35-14(2)29/h9-11,13,18,20-26H,12H2,1-8H3/t13-,18+,20-,21+,22+,23-,24+,25-,26+,28-/m0/s1. The second-order valence-electron chi connectivity index (χ2n) is 10.9. The molecule has 0 spiro atoms. The molecule has 15 heteroatoms. The van der Waals surface area contributed by atoms with E-state index < -0.39 is 97.2 Å². The van der Waals surface area contributed by atoms with E-state index >= 15 is 0 Å². The van der Waals surface area contributed by atoms with Crippen LogP contribution in [0.15, 0.2) is 22.8 Å². The summed E-state index contributed by atoms with van der Waals surface area (Å²) in [5.74, 6) is -6.31. The predicted octanol–water partition coefficient (Wildman–Crippen LogP) is 1.49. The molecule has 10 atom stereocenters. The SMILES string of the molecule is CO[C@@H]1O[C@@H](C)[C@H](O[C@]2(c3ccco3)O[C@H](COC(C)=O)[C@@H](OC(C)=O)[C@H](OC(C)=O)[C@@H]2OC(C)=O)[C@H]2OC(C)(C)O[C@@H]12. The molecule has 3 aliphatic rings. The Kier molecular flexibility index (Phi) is 9.83.